The van der Waals surface area contributed by atoms with E-state index in [-0.39, 0.29) is 31.2 Å². The van der Waals surface area contributed by atoms with E-state index in [1.54, 1.807) is 0 Å². The molecule has 0 radical (unpaired) electrons. The number of methoxy groups -OCH3 is 1. The second-order valence-corrected chi connectivity index (χ2v) is 9.33. The standard InChI is InChI=1S/C29H28N6O5/c1-39-28(37)25(15-18-9-3-2-4-10-18)30-27(36)24(16-26-32-34-35-33-26)31-29(38)40-17-23-21-13-7-5-11-19(21)20-12-6-8-14-22(20)23/h2-14,23-25H,15-17H2,1H3,(H,30,36)(H,31,38)(H,32,33,34,35)/t24-,25-/m0/s1. The minimum Gasteiger partial charge on any atom is -0.467 e. The number of hydrogen-bond donors (Lipinski definition) is 3. The molecule has 4 aromatic rings. The lowest BCUT2D eigenvalue weighted by Gasteiger charge is -2.22. The molecule has 0 saturated heterocycles. The number of nitrogens with one attached hydrogen (secondary N) is 3. The van der Waals surface area contributed by atoms with Crippen LogP contribution in [0, 0.1) is 0 Å². The summed E-state index contributed by atoms with van der Waals surface area (Å²) in [5.41, 5.74) is 5.18. The summed E-state index contributed by atoms with van der Waals surface area (Å²) in [7, 11) is 1.25. The van der Waals surface area contributed by atoms with Crippen LogP contribution in [-0.4, -0.2) is 64.4 Å². The monoisotopic (exact) mass is 540 g/mol. The number of tetrazole rings is 1. The molecule has 5 rings (SSSR count). The first-order valence-corrected chi connectivity index (χ1v) is 12.8. The number of nitrogens with zero attached hydrogens (tertiary/aromatic N) is 3. The molecule has 0 fully saturated rings. The largest absolute Gasteiger partial charge is 0.467 e. The molecule has 11 nitrogen and oxygen atoms in total. The number of amides is 2. The molecule has 1 aliphatic rings. The number of ether oxygens (including phenoxy) is 2. The van der Waals surface area contributed by atoms with Gasteiger partial charge in [0.15, 0.2) is 5.82 Å². The summed E-state index contributed by atoms with van der Waals surface area (Å²) in [6.45, 7) is 0.0786. The number of H-pyrrole nitrogens is 1. The van der Waals surface area contributed by atoms with Crippen LogP contribution in [0.3, 0.4) is 0 Å². The van der Waals surface area contributed by atoms with Crippen LogP contribution in [0.4, 0.5) is 4.79 Å². The molecule has 0 spiro atoms. The third-order valence-electron chi connectivity index (χ3n) is 6.81. The van der Waals surface area contributed by atoms with Crippen LogP contribution in [-0.2, 0) is 31.9 Å². The van der Waals surface area contributed by atoms with Gasteiger partial charge >= 0.3 is 12.1 Å². The Morgan fingerprint density at radius 3 is 2.12 bits per heavy atom. The second-order valence-electron chi connectivity index (χ2n) is 9.33. The molecule has 3 N–H and O–H groups in total. The first kappa shape index (κ1) is 26.5. The van der Waals surface area contributed by atoms with E-state index in [0.717, 1.165) is 27.8 Å². The molecule has 1 aromatic heterocycles. The maximum Gasteiger partial charge on any atom is 0.407 e. The van der Waals surface area contributed by atoms with Gasteiger partial charge in [0, 0.05) is 18.8 Å². The van der Waals surface area contributed by atoms with Gasteiger partial charge in [-0.2, -0.15) is 5.21 Å². The maximum absolute atomic E-state index is 13.3. The average molecular weight is 541 g/mol. The summed E-state index contributed by atoms with van der Waals surface area (Å²) >= 11 is 0. The maximum atomic E-state index is 13.3. The van der Waals surface area contributed by atoms with Crippen LogP contribution in [0.15, 0.2) is 78.9 Å². The normalized spacial score (nSPS) is 13.4. The van der Waals surface area contributed by atoms with Crippen LogP contribution in [0.25, 0.3) is 11.1 Å². The fourth-order valence-electron chi connectivity index (χ4n) is 4.90. The van der Waals surface area contributed by atoms with Crippen LogP contribution >= 0.6 is 0 Å². The zero-order chi connectivity index (χ0) is 27.9. The van der Waals surface area contributed by atoms with E-state index in [9.17, 15) is 14.4 Å². The minimum atomic E-state index is -1.14. The molecule has 0 aliphatic heterocycles. The molecule has 2 amide bonds. The molecular formula is C29H28N6O5. The van der Waals surface area contributed by atoms with Gasteiger partial charge in [-0.1, -0.05) is 84.1 Å². The van der Waals surface area contributed by atoms with Crippen molar-refractivity contribution < 1.29 is 23.9 Å². The molecule has 1 aliphatic carbocycles. The molecule has 40 heavy (non-hydrogen) atoms. The van der Waals surface area contributed by atoms with Crippen LogP contribution < -0.4 is 10.6 Å². The summed E-state index contributed by atoms with van der Waals surface area (Å²) in [6, 6.07) is 23.1. The number of alkyl carbamates (subject to hydrolysis) is 1. The van der Waals surface area contributed by atoms with Gasteiger partial charge in [0.25, 0.3) is 0 Å². The lowest BCUT2D eigenvalue weighted by Crippen LogP contribution is -2.53. The fourth-order valence-corrected chi connectivity index (χ4v) is 4.90. The number of aromatic amines is 1. The Hall–Kier alpha value is -5.06. The van der Waals surface area contributed by atoms with E-state index < -0.39 is 30.1 Å². The van der Waals surface area contributed by atoms with Crippen LogP contribution in [0.1, 0.15) is 28.4 Å². The zero-order valence-corrected chi connectivity index (χ0v) is 21.7. The highest BCUT2D eigenvalue weighted by molar-refractivity contribution is 5.90. The highest BCUT2D eigenvalue weighted by atomic mass is 16.5. The number of hydrogen-bond acceptors (Lipinski definition) is 8. The fraction of sp³-hybridized carbons (Fsp3) is 0.241. The summed E-state index contributed by atoms with van der Waals surface area (Å²) in [5.74, 6) is -1.17. The first-order valence-electron chi connectivity index (χ1n) is 12.8. The van der Waals surface area contributed by atoms with Crippen LogP contribution in [0.2, 0.25) is 0 Å². The third kappa shape index (κ3) is 5.98. The van der Waals surface area contributed by atoms with E-state index >= 15 is 0 Å². The first-order chi connectivity index (χ1) is 19.5. The van der Waals surface area contributed by atoms with Crippen molar-refractivity contribution in [2.24, 2.45) is 0 Å². The van der Waals surface area contributed by atoms with E-state index in [0.29, 0.717) is 0 Å². The molecule has 0 bridgehead atoms. The average Bonchev–Trinajstić information content (AvgIpc) is 3.61. The number of rotatable bonds is 10. The molecular weight excluding hydrogens is 512 g/mol. The van der Waals surface area contributed by atoms with Crippen molar-refractivity contribution >= 4 is 18.0 Å². The number of aromatic nitrogens is 4. The van der Waals surface area contributed by atoms with Gasteiger partial charge in [-0.25, -0.2) is 9.59 Å². The van der Waals surface area contributed by atoms with Gasteiger partial charge in [0.05, 0.1) is 7.11 Å². The van der Waals surface area contributed by atoms with Gasteiger partial charge in [-0.05, 0) is 27.8 Å². The molecule has 2 atom stereocenters. The van der Waals surface area contributed by atoms with Gasteiger partial charge in [-0.3, -0.25) is 4.79 Å². The predicted octanol–water partition coefficient (Wildman–Crippen LogP) is 2.55. The van der Waals surface area contributed by atoms with Crippen molar-refractivity contribution in [1.29, 1.82) is 0 Å². The highest BCUT2D eigenvalue weighted by Crippen LogP contribution is 2.44. The SMILES string of the molecule is COC(=O)[C@H](Cc1ccccc1)NC(=O)[C@H](Cc1nn[nH]n1)NC(=O)OCC1c2ccccc2-c2ccccc21. The van der Waals surface area contributed by atoms with E-state index in [2.05, 4.69) is 31.3 Å². The topological polar surface area (TPSA) is 148 Å². The summed E-state index contributed by atoms with van der Waals surface area (Å²) in [5, 5.41) is 18.9. The minimum absolute atomic E-state index is 0.0776. The lowest BCUT2D eigenvalue weighted by molar-refractivity contribution is -0.145. The van der Waals surface area contributed by atoms with Gasteiger partial charge in [0.2, 0.25) is 5.91 Å². The molecule has 11 heteroatoms. The molecule has 3 aromatic carbocycles. The Kier molecular flexibility index (Phi) is 8.10. The zero-order valence-electron chi connectivity index (χ0n) is 21.7. The lowest BCUT2D eigenvalue weighted by atomic mass is 9.98. The number of benzene rings is 3. The smallest absolute Gasteiger partial charge is 0.407 e. The Labute approximate surface area is 230 Å². The Bertz CT molecular complexity index is 1430. The third-order valence-corrected chi connectivity index (χ3v) is 6.81. The number of esters is 1. The summed E-state index contributed by atoms with van der Waals surface area (Å²) in [4.78, 5) is 38.8. The molecule has 1 heterocycles. The van der Waals surface area contributed by atoms with Crippen molar-refractivity contribution in [1.82, 2.24) is 31.3 Å². The second kappa shape index (κ2) is 12.2. The molecule has 204 valence electrons. The van der Waals surface area contributed by atoms with Gasteiger partial charge in [-0.15, -0.1) is 10.2 Å². The summed E-state index contributed by atoms with van der Waals surface area (Å²) < 4.78 is 10.5. The number of carbonyl (C=O) groups excluding carboxylic acids is 3. The van der Waals surface area contributed by atoms with Crippen molar-refractivity contribution in [3.63, 3.8) is 0 Å². The number of carbonyl (C=O) groups is 3. The quantitative estimate of drug-likeness (QED) is 0.260. The highest BCUT2D eigenvalue weighted by Gasteiger charge is 2.31. The van der Waals surface area contributed by atoms with E-state index in [1.165, 1.54) is 7.11 Å². The molecule has 0 saturated carbocycles. The summed E-state index contributed by atoms with van der Waals surface area (Å²) in [6.07, 6.45) is -0.659. The van der Waals surface area contributed by atoms with Crippen molar-refractivity contribution in [2.75, 3.05) is 13.7 Å². The van der Waals surface area contributed by atoms with Crippen molar-refractivity contribution in [3.8, 4) is 11.1 Å². The van der Waals surface area contributed by atoms with Gasteiger partial charge < -0.3 is 20.1 Å². The number of fused-ring (bicyclic) bond motifs is 3. The predicted molar refractivity (Wildman–Crippen MR) is 144 cm³/mol. The van der Waals surface area contributed by atoms with Crippen LogP contribution in [0.5, 0.6) is 0 Å². The Morgan fingerprint density at radius 2 is 1.50 bits per heavy atom. The van der Waals surface area contributed by atoms with Crippen molar-refractivity contribution in [3.05, 3.63) is 101 Å². The van der Waals surface area contributed by atoms with E-state index in [4.69, 9.17) is 9.47 Å². The van der Waals surface area contributed by atoms with E-state index in [1.807, 2.05) is 78.9 Å². The Morgan fingerprint density at radius 1 is 0.850 bits per heavy atom. The van der Waals surface area contributed by atoms with Crippen molar-refractivity contribution in [2.45, 2.75) is 30.8 Å². The van der Waals surface area contributed by atoms with Gasteiger partial charge in [0.1, 0.15) is 18.7 Å². The molecule has 0 unspecified atom stereocenters. The Balaban J connectivity index is 1.28.